The highest BCUT2D eigenvalue weighted by molar-refractivity contribution is 8.18. The fraction of sp³-hybridized carbons (Fsp3) is 0.100. The van der Waals surface area contributed by atoms with E-state index in [1.807, 2.05) is 56.6 Å². The molecule has 2 heterocycles. The van der Waals surface area contributed by atoms with Crippen molar-refractivity contribution in [3.63, 3.8) is 0 Å². The lowest BCUT2D eigenvalue weighted by molar-refractivity contribution is -0.115. The van der Waals surface area contributed by atoms with Crippen LogP contribution in [0.1, 0.15) is 11.1 Å². The maximum absolute atomic E-state index is 12.4. The number of amidine groups is 1. The number of hydrogen-bond acceptors (Lipinski definition) is 3. The zero-order valence-electron chi connectivity index (χ0n) is 14.3. The third kappa shape index (κ3) is 3.04. The molecule has 3 aromatic rings. The van der Waals surface area contributed by atoms with Gasteiger partial charge in [-0.2, -0.15) is 0 Å². The Labute approximate surface area is 160 Å². The maximum Gasteiger partial charge on any atom is 0.264 e. The van der Waals surface area contributed by atoms with Crippen molar-refractivity contribution in [1.29, 1.82) is 0 Å². The van der Waals surface area contributed by atoms with Gasteiger partial charge in [0.1, 0.15) is 0 Å². The molecule has 1 aromatic heterocycles. The summed E-state index contributed by atoms with van der Waals surface area (Å²) < 4.78 is 2.06. The van der Waals surface area contributed by atoms with E-state index in [0.717, 1.165) is 27.7 Å². The summed E-state index contributed by atoms with van der Waals surface area (Å²) in [6.45, 7) is 1.91. The summed E-state index contributed by atoms with van der Waals surface area (Å²) in [5.74, 6) is -0.138. The number of para-hydroxylation sites is 1. The summed E-state index contributed by atoms with van der Waals surface area (Å²) in [4.78, 5) is 17.5. The van der Waals surface area contributed by atoms with Gasteiger partial charge in [-0.1, -0.05) is 35.9 Å². The van der Waals surface area contributed by atoms with Crippen LogP contribution in [0.25, 0.3) is 17.0 Å². The molecule has 0 bridgehead atoms. The van der Waals surface area contributed by atoms with E-state index in [2.05, 4.69) is 27.0 Å². The van der Waals surface area contributed by atoms with Crippen molar-refractivity contribution in [3.8, 4) is 0 Å². The second-order valence-corrected chi connectivity index (χ2v) is 7.52. The van der Waals surface area contributed by atoms with Gasteiger partial charge >= 0.3 is 0 Å². The van der Waals surface area contributed by atoms with Crippen molar-refractivity contribution in [2.24, 2.45) is 12.0 Å². The minimum atomic E-state index is -0.138. The number of aryl methyl sites for hydroxylation is 1. The number of halogens is 1. The Morgan fingerprint density at radius 1 is 1.19 bits per heavy atom. The molecule has 0 radical (unpaired) electrons. The molecule has 0 spiro atoms. The Bertz CT molecular complexity index is 1100. The number of thioether (sulfide) groups is 1. The zero-order chi connectivity index (χ0) is 18.3. The van der Waals surface area contributed by atoms with Gasteiger partial charge in [0.2, 0.25) is 0 Å². The number of amides is 1. The van der Waals surface area contributed by atoms with Crippen LogP contribution in [-0.2, 0) is 11.8 Å². The van der Waals surface area contributed by atoms with Gasteiger partial charge in [-0.3, -0.25) is 4.79 Å². The van der Waals surface area contributed by atoms with Gasteiger partial charge in [-0.25, -0.2) is 4.99 Å². The van der Waals surface area contributed by atoms with Gasteiger partial charge in [0.15, 0.2) is 5.17 Å². The lowest BCUT2D eigenvalue weighted by atomic mass is 10.1. The fourth-order valence-corrected chi connectivity index (χ4v) is 3.93. The normalized spacial score (nSPS) is 17.4. The van der Waals surface area contributed by atoms with E-state index in [1.165, 1.54) is 11.8 Å². The maximum atomic E-state index is 12.4. The molecular formula is C20H16ClN3OS. The number of carbonyl (C=O) groups excluding carboxylic acids is 1. The molecule has 0 saturated carbocycles. The lowest BCUT2D eigenvalue weighted by Gasteiger charge is -2.02. The van der Waals surface area contributed by atoms with E-state index in [1.54, 1.807) is 0 Å². The molecular weight excluding hydrogens is 366 g/mol. The number of hydrogen-bond donors (Lipinski definition) is 1. The summed E-state index contributed by atoms with van der Waals surface area (Å²) in [6.07, 6.45) is 3.94. The number of aromatic nitrogens is 1. The van der Waals surface area contributed by atoms with Crippen molar-refractivity contribution >= 4 is 57.1 Å². The van der Waals surface area contributed by atoms with Gasteiger partial charge in [-0.15, -0.1) is 0 Å². The fourth-order valence-electron chi connectivity index (χ4n) is 2.94. The van der Waals surface area contributed by atoms with Crippen LogP contribution < -0.4 is 5.32 Å². The van der Waals surface area contributed by atoms with Crippen LogP contribution in [0.4, 0.5) is 5.69 Å². The predicted molar refractivity (Wildman–Crippen MR) is 110 cm³/mol. The first-order valence-corrected chi connectivity index (χ1v) is 9.31. The van der Waals surface area contributed by atoms with E-state index in [4.69, 9.17) is 11.6 Å². The highest BCUT2D eigenvalue weighted by Gasteiger charge is 2.24. The molecule has 0 unspecified atom stereocenters. The topological polar surface area (TPSA) is 46.4 Å². The molecule has 2 aromatic carbocycles. The molecule has 1 amide bonds. The Hall–Kier alpha value is -2.50. The van der Waals surface area contributed by atoms with Gasteiger partial charge < -0.3 is 9.88 Å². The number of nitrogens with zero attached hydrogens (tertiary/aromatic N) is 2. The van der Waals surface area contributed by atoms with Crippen LogP contribution in [-0.4, -0.2) is 15.6 Å². The molecule has 1 saturated heterocycles. The molecule has 1 N–H and O–H groups in total. The van der Waals surface area contributed by atoms with Gasteiger partial charge in [0, 0.05) is 34.7 Å². The quantitative estimate of drug-likeness (QED) is 0.632. The van der Waals surface area contributed by atoms with Crippen molar-refractivity contribution in [3.05, 3.63) is 69.7 Å². The van der Waals surface area contributed by atoms with E-state index in [0.29, 0.717) is 15.1 Å². The van der Waals surface area contributed by atoms with Gasteiger partial charge in [0.05, 0.1) is 10.6 Å². The van der Waals surface area contributed by atoms with Crippen LogP contribution >= 0.6 is 23.4 Å². The third-order valence-corrected chi connectivity index (χ3v) is 5.65. The largest absolute Gasteiger partial charge is 0.350 e. The highest BCUT2D eigenvalue weighted by Crippen LogP contribution is 2.32. The van der Waals surface area contributed by atoms with Crippen LogP contribution in [0.3, 0.4) is 0 Å². The number of aliphatic imine (C=N–C) groups is 1. The van der Waals surface area contributed by atoms with E-state index in [-0.39, 0.29) is 5.91 Å². The Morgan fingerprint density at radius 2 is 2.00 bits per heavy atom. The number of rotatable bonds is 2. The molecule has 0 aliphatic carbocycles. The summed E-state index contributed by atoms with van der Waals surface area (Å²) >= 11 is 7.48. The number of fused-ring (bicyclic) bond motifs is 1. The lowest BCUT2D eigenvalue weighted by Crippen LogP contribution is -2.19. The first-order chi connectivity index (χ1) is 12.5. The van der Waals surface area contributed by atoms with E-state index in [9.17, 15) is 4.79 Å². The van der Waals surface area contributed by atoms with Crippen molar-refractivity contribution in [1.82, 2.24) is 9.88 Å². The smallest absolute Gasteiger partial charge is 0.264 e. The third-order valence-electron chi connectivity index (χ3n) is 4.33. The average molecular weight is 382 g/mol. The molecule has 4 nitrogen and oxygen atoms in total. The monoisotopic (exact) mass is 381 g/mol. The molecule has 1 aliphatic rings. The Balaban J connectivity index is 1.69. The number of benzene rings is 2. The number of carbonyl (C=O) groups is 1. The molecule has 0 atom stereocenters. The minimum absolute atomic E-state index is 0.138. The van der Waals surface area contributed by atoms with Crippen LogP contribution in [0, 0.1) is 6.92 Å². The Morgan fingerprint density at radius 3 is 2.85 bits per heavy atom. The second kappa shape index (κ2) is 6.67. The summed E-state index contributed by atoms with van der Waals surface area (Å²) in [6, 6.07) is 13.7. The minimum Gasteiger partial charge on any atom is -0.350 e. The first-order valence-electron chi connectivity index (χ1n) is 8.11. The second-order valence-electron chi connectivity index (χ2n) is 6.08. The molecule has 6 heteroatoms. The van der Waals surface area contributed by atoms with Crippen molar-refractivity contribution in [2.75, 3.05) is 0 Å². The summed E-state index contributed by atoms with van der Waals surface area (Å²) in [7, 11) is 2.00. The summed E-state index contributed by atoms with van der Waals surface area (Å²) in [5, 5.41) is 5.17. The molecule has 26 heavy (non-hydrogen) atoms. The first kappa shape index (κ1) is 16.9. The van der Waals surface area contributed by atoms with Crippen LogP contribution in [0.2, 0.25) is 5.02 Å². The average Bonchev–Trinajstić information content (AvgIpc) is 3.13. The van der Waals surface area contributed by atoms with Crippen LogP contribution in [0.5, 0.6) is 0 Å². The molecule has 130 valence electrons. The number of nitrogens with one attached hydrogen (secondary N) is 1. The highest BCUT2D eigenvalue weighted by atomic mass is 35.5. The van der Waals surface area contributed by atoms with E-state index < -0.39 is 0 Å². The standard InChI is InChI=1S/C20H16ClN3OS/c1-12-15(21)7-5-8-16(12)22-20-23-19(25)18(26-20)10-13-11-24(2)17-9-4-3-6-14(13)17/h3-11H,1-2H3,(H,22,23,25)/b18-10+. The van der Waals surface area contributed by atoms with Crippen LogP contribution in [0.15, 0.2) is 58.6 Å². The SMILES string of the molecule is Cc1c(Cl)cccc1N=C1NC(=O)/C(=C\c2cn(C)c3ccccc23)S1. The van der Waals surface area contributed by atoms with Gasteiger partial charge in [0.25, 0.3) is 5.91 Å². The molecule has 1 fully saturated rings. The van der Waals surface area contributed by atoms with Crippen molar-refractivity contribution in [2.45, 2.75) is 6.92 Å². The summed E-state index contributed by atoms with van der Waals surface area (Å²) in [5.41, 5.74) is 3.79. The van der Waals surface area contributed by atoms with E-state index >= 15 is 0 Å². The molecule has 4 rings (SSSR count). The molecule has 1 aliphatic heterocycles. The Kier molecular flexibility index (Phi) is 4.34. The zero-order valence-corrected chi connectivity index (χ0v) is 15.9. The van der Waals surface area contributed by atoms with Crippen molar-refractivity contribution < 1.29 is 4.79 Å². The predicted octanol–water partition coefficient (Wildman–Crippen LogP) is 5.03. The van der Waals surface area contributed by atoms with Gasteiger partial charge in [-0.05, 0) is 48.5 Å².